The largest absolute Gasteiger partial charge is 0.300 e. The molecule has 0 spiro atoms. The Morgan fingerprint density at radius 2 is 0.544 bits per heavy atom. The second-order valence-corrected chi connectivity index (χ2v) is 23.7. The molecule has 0 saturated heterocycles. The molecule has 3 aliphatic heterocycles. The molecular weight excluding hydrogens is 975 g/mol. The average molecular weight is 1100 g/mol. The number of amidine groups is 3. The van der Waals surface area contributed by atoms with E-state index in [0.29, 0.717) is 78.2 Å². The molecule has 0 radical (unpaired) electrons. The van der Waals surface area contributed by atoms with Gasteiger partial charge in [-0.05, 0) is 116 Å². The summed E-state index contributed by atoms with van der Waals surface area (Å²) in [5, 5.41) is 0. The molecule has 0 aliphatic carbocycles. The van der Waals surface area contributed by atoms with Crippen LogP contribution in [0, 0.1) is 0 Å². The summed E-state index contributed by atoms with van der Waals surface area (Å²) in [4.78, 5) is 65.2. The first-order valence-corrected chi connectivity index (χ1v) is 34.2. The molecule has 0 bridgehead atoms. The van der Waals surface area contributed by atoms with Crippen LogP contribution in [0.25, 0.3) is 0 Å². The molecule has 0 N–H and O–H groups in total. The molecule has 3 heterocycles. The molecule has 3 aliphatic rings. The number of nitrogens with zero attached hydrogens (tertiary/aromatic N) is 7. The van der Waals surface area contributed by atoms with Crippen LogP contribution in [-0.4, -0.2) is 114 Å². The highest BCUT2D eigenvalue weighted by atomic mass is 16.2. The van der Waals surface area contributed by atoms with E-state index < -0.39 is 0 Å². The smallest absolute Gasteiger partial charge is 0.227 e. The van der Waals surface area contributed by atoms with Crippen molar-refractivity contribution >= 4 is 35.2 Å². The molecule has 452 valence electrons. The van der Waals surface area contributed by atoms with Crippen LogP contribution in [0.4, 0.5) is 0 Å². The number of carbonyl (C=O) groups is 3. The number of aliphatic imine (C=N–C) groups is 3. The normalized spacial score (nSPS) is 15.3. The van der Waals surface area contributed by atoms with Gasteiger partial charge < -0.3 is 0 Å². The summed E-state index contributed by atoms with van der Waals surface area (Å²) in [6.45, 7) is 12.3. The fourth-order valence-corrected chi connectivity index (χ4v) is 11.4. The lowest BCUT2D eigenvalue weighted by atomic mass is 10.1. The summed E-state index contributed by atoms with van der Waals surface area (Å²) in [7, 11) is 0. The molecule has 0 fully saturated rings. The van der Waals surface area contributed by atoms with E-state index in [0.717, 1.165) is 114 Å². The van der Waals surface area contributed by atoms with E-state index in [1.807, 2.05) is 14.7 Å². The third kappa shape index (κ3) is 35.9. The zero-order valence-electron chi connectivity index (χ0n) is 52.0. The molecule has 0 saturated carbocycles. The van der Waals surface area contributed by atoms with Crippen molar-refractivity contribution in [3.63, 3.8) is 0 Å². The standard InChI is InChI=1S/C69H123N7O3/c1-4-7-10-13-16-19-22-25-28-31-34-37-40-43-46-52-67(77)74-58-49-55-70-64(74)61-73(62-65-71-56-50-59-75(65)68(78)53-47-44-41-38-35-32-29-26-23-20-17-14-11-8-5-2)63-66-72-57-51-60-76(66)69(79)54-48-45-42-39-36-33-30-27-24-21-18-15-12-9-6-3/h25-30H,4-24,31-63H2,1-3H3. The molecule has 0 aromatic rings. The van der Waals surface area contributed by atoms with Crippen molar-refractivity contribution in [3.8, 4) is 0 Å². The van der Waals surface area contributed by atoms with Crippen molar-refractivity contribution in [2.75, 3.05) is 58.9 Å². The van der Waals surface area contributed by atoms with Crippen molar-refractivity contribution in [1.82, 2.24) is 19.6 Å². The summed E-state index contributed by atoms with van der Waals surface area (Å²) < 4.78 is 0. The summed E-state index contributed by atoms with van der Waals surface area (Å²) in [5.41, 5.74) is 0. The Kier molecular flexibility index (Phi) is 44.5. The van der Waals surface area contributed by atoms with Crippen molar-refractivity contribution in [2.24, 2.45) is 15.0 Å². The minimum atomic E-state index is 0.162. The van der Waals surface area contributed by atoms with E-state index in [9.17, 15) is 14.4 Å². The Morgan fingerprint density at radius 3 is 0.785 bits per heavy atom. The van der Waals surface area contributed by atoms with Crippen LogP contribution >= 0.6 is 0 Å². The van der Waals surface area contributed by atoms with Gasteiger partial charge in [0.05, 0.1) is 19.6 Å². The summed E-state index contributed by atoms with van der Waals surface area (Å²) in [6.07, 6.45) is 66.6. The first kappa shape index (κ1) is 69.9. The summed E-state index contributed by atoms with van der Waals surface area (Å²) in [6, 6.07) is 0. The third-order valence-electron chi connectivity index (χ3n) is 16.4. The predicted molar refractivity (Wildman–Crippen MR) is 341 cm³/mol. The van der Waals surface area contributed by atoms with Crippen molar-refractivity contribution in [1.29, 1.82) is 0 Å². The fraction of sp³-hybridized carbons (Fsp3) is 0.826. The fourth-order valence-electron chi connectivity index (χ4n) is 11.4. The lowest BCUT2D eigenvalue weighted by Crippen LogP contribution is -2.53. The Balaban J connectivity index is 1.54. The first-order valence-electron chi connectivity index (χ1n) is 34.2. The van der Waals surface area contributed by atoms with Gasteiger partial charge in [0.2, 0.25) is 17.7 Å². The van der Waals surface area contributed by atoms with E-state index in [2.05, 4.69) is 62.1 Å². The second-order valence-electron chi connectivity index (χ2n) is 23.7. The summed E-state index contributed by atoms with van der Waals surface area (Å²) >= 11 is 0. The quantitative estimate of drug-likeness (QED) is 0.0447. The number of hydrogen-bond acceptors (Lipinski definition) is 7. The van der Waals surface area contributed by atoms with Crippen molar-refractivity contribution < 1.29 is 14.4 Å². The number of allylic oxidation sites excluding steroid dienone is 6. The Morgan fingerprint density at radius 1 is 0.329 bits per heavy atom. The molecule has 79 heavy (non-hydrogen) atoms. The maximum absolute atomic E-state index is 14.0. The Bertz CT molecular complexity index is 1520. The van der Waals surface area contributed by atoms with E-state index >= 15 is 0 Å². The Labute approximate surface area is 487 Å². The number of hydrogen-bond donors (Lipinski definition) is 0. The molecular formula is C69H123N7O3. The van der Waals surface area contributed by atoms with Crippen LogP contribution in [0.1, 0.15) is 310 Å². The van der Waals surface area contributed by atoms with Gasteiger partial charge in [-0.2, -0.15) is 0 Å². The van der Waals surface area contributed by atoms with Crippen molar-refractivity contribution in [2.45, 2.75) is 310 Å². The number of amides is 3. The van der Waals surface area contributed by atoms with Gasteiger partial charge in [-0.25, -0.2) is 0 Å². The van der Waals surface area contributed by atoms with E-state index in [1.54, 1.807) is 0 Å². The molecule has 0 atom stereocenters. The predicted octanol–water partition coefficient (Wildman–Crippen LogP) is 18.3. The van der Waals surface area contributed by atoms with Gasteiger partial charge in [0.15, 0.2) is 0 Å². The monoisotopic (exact) mass is 1100 g/mol. The van der Waals surface area contributed by atoms with E-state index in [-0.39, 0.29) is 17.7 Å². The van der Waals surface area contributed by atoms with Gasteiger partial charge in [-0.3, -0.25) is 49.0 Å². The molecule has 10 nitrogen and oxygen atoms in total. The van der Waals surface area contributed by atoms with Gasteiger partial charge >= 0.3 is 0 Å². The Hall–Kier alpha value is -3.40. The van der Waals surface area contributed by atoms with Crippen LogP contribution in [-0.2, 0) is 14.4 Å². The zero-order valence-corrected chi connectivity index (χ0v) is 52.0. The third-order valence-corrected chi connectivity index (χ3v) is 16.4. The highest BCUT2D eigenvalue weighted by Gasteiger charge is 2.30. The molecule has 0 unspecified atom stereocenters. The molecule has 3 rings (SSSR count). The van der Waals surface area contributed by atoms with Gasteiger partial charge in [0.1, 0.15) is 17.5 Å². The van der Waals surface area contributed by atoms with E-state index in [1.165, 1.54) is 173 Å². The highest BCUT2D eigenvalue weighted by Crippen LogP contribution is 2.19. The topological polar surface area (TPSA) is 101 Å². The molecule has 10 heteroatoms. The first-order chi connectivity index (χ1) is 39.0. The molecule has 0 aromatic carbocycles. The van der Waals surface area contributed by atoms with Gasteiger partial charge in [-0.15, -0.1) is 0 Å². The lowest BCUT2D eigenvalue weighted by molar-refractivity contribution is -0.128. The SMILES string of the molecule is CCCCCCCCC=CCCCCCCCC(=O)N1CCCN=C1CN(CC1=NCCCN1C(=O)CCCCCCCC=CCCCCCCCC)CC1=NCCCN1C(=O)CCCCCCCC=CCCCCCCCC. The van der Waals surface area contributed by atoms with Crippen LogP contribution < -0.4 is 0 Å². The minimum absolute atomic E-state index is 0.162. The van der Waals surface area contributed by atoms with Crippen LogP contribution in [0.5, 0.6) is 0 Å². The average Bonchev–Trinajstić information content (AvgIpc) is 3.49. The lowest BCUT2D eigenvalue weighted by Gasteiger charge is -2.36. The highest BCUT2D eigenvalue weighted by molar-refractivity contribution is 6.03. The summed E-state index contributed by atoms with van der Waals surface area (Å²) in [5.74, 6) is 2.89. The number of rotatable bonds is 51. The van der Waals surface area contributed by atoms with Crippen LogP contribution in [0.15, 0.2) is 51.4 Å². The number of unbranched alkanes of at least 4 members (excludes halogenated alkanes) is 33. The zero-order chi connectivity index (χ0) is 56.3. The van der Waals surface area contributed by atoms with Gasteiger partial charge in [0, 0.05) is 58.5 Å². The maximum Gasteiger partial charge on any atom is 0.227 e. The van der Waals surface area contributed by atoms with Crippen molar-refractivity contribution in [3.05, 3.63) is 36.5 Å². The van der Waals surface area contributed by atoms with Crippen LogP contribution in [0.2, 0.25) is 0 Å². The maximum atomic E-state index is 14.0. The van der Waals surface area contributed by atoms with Crippen LogP contribution in [0.3, 0.4) is 0 Å². The number of carbonyl (C=O) groups excluding carboxylic acids is 3. The minimum Gasteiger partial charge on any atom is -0.300 e. The molecule has 0 aromatic heterocycles. The molecule has 3 amide bonds. The van der Waals surface area contributed by atoms with Gasteiger partial charge in [0.25, 0.3) is 0 Å². The second kappa shape index (κ2) is 50.3. The van der Waals surface area contributed by atoms with Gasteiger partial charge in [-0.1, -0.05) is 211 Å². The van der Waals surface area contributed by atoms with E-state index in [4.69, 9.17) is 15.0 Å².